The second kappa shape index (κ2) is 12.9. The summed E-state index contributed by atoms with van der Waals surface area (Å²) in [5.74, 6) is -2.53. The van der Waals surface area contributed by atoms with Gasteiger partial charge in [0.25, 0.3) is 5.91 Å². The fourth-order valence-electron chi connectivity index (χ4n) is 4.38. The normalized spacial score (nSPS) is 11.9. The van der Waals surface area contributed by atoms with Gasteiger partial charge in [0.15, 0.2) is 0 Å². The number of hydrogen-bond donors (Lipinski definition) is 2. The van der Waals surface area contributed by atoms with Gasteiger partial charge < -0.3 is 15.2 Å². The predicted molar refractivity (Wildman–Crippen MR) is 144 cm³/mol. The molecule has 0 aliphatic heterocycles. The van der Waals surface area contributed by atoms with Crippen molar-refractivity contribution >= 4 is 23.5 Å². The Morgan fingerprint density at radius 1 is 1.00 bits per heavy atom. The van der Waals surface area contributed by atoms with Crippen molar-refractivity contribution in [3.8, 4) is 5.75 Å². The molecule has 0 aromatic heterocycles. The van der Waals surface area contributed by atoms with Crippen LogP contribution in [-0.4, -0.2) is 17.0 Å². The molecule has 3 aromatic carbocycles. The van der Waals surface area contributed by atoms with E-state index in [2.05, 4.69) is 25.2 Å². The Morgan fingerprint density at radius 2 is 1.63 bits per heavy atom. The number of halogens is 3. The Balaban J connectivity index is 1.91. The second-order valence-corrected chi connectivity index (χ2v) is 10.4. The Hall–Kier alpha value is -3.45. The van der Waals surface area contributed by atoms with Crippen molar-refractivity contribution in [2.45, 2.75) is 59.6 Å². The number of ether oxygens (including phenoxy) is 1. The number of benzene rings is 3. The number of hydrogen-bond acceptors (Lipinski definition) is 3. The van der Waals surface area contributed by atoms with Gasteiger partial charge in [-0.1, -0.05) is 60.8 Å². The number of rotatable bonds is 11. The highest BCUT2D eigenvalue weighted by atomic mass is 35.5. The van der Waals surface area contributed by atoms with Crippen molar-refractivity contribution in [2.75, 3.05) is 0 Å². The fraction of sp³-hybridized carbons (Fsp3) is 0.333. The third-order valence-electron chi connectivity index (χ3n) is 6.08. The smallest absolute Gasteiger partial charge is 0.303 e. The van der Waals surface area contributed by atoms with E-state index >= 15 is 0 Å². The van der Waals surface area contributed by atoms with Crippen LogP contribution in [0.15, 0.2) is 48.5 Å². The highest BCUT2D eigenvalue weighted by molar-refractivity contribution is 6.30. The number of nitrogens with one attached hydrogen (secondary N) is 1. The van der Waals surface area contributed by atoms with Crippen LogP contribution >= 0.6 is 11.6 Å². The Morgan fingerprint density at radius 3 is 2.21 bits per heavy atom. The van der Waals surface area contributed by atoms with Crippen molar-refractivity contribution in [3.05, 3.63) is 98.6 Å². The van der Waals surface area contributed by atoms with Gasteiger partial charge in [0.2, 0.25) is 0 Å². The standard InChI is InChI=1S/C30H32ClF2NO4/c1-17(2)9-28(21-11-18(3)10-19(4)12-21)34-30(37)24-15-23(7-5-20(24)6-8-29(35)36)38-16-25-26(32)13-22(31)14-27(25)33/h5,7,10-15,17,28H,6,8-9,16H2,1-4H3,(H,34,37)(H,35,36). The van der Waals surface area contributed by atoms with Crippen molar-refractivity contribution in [3.63, 3.8) is 0 Å². The number of carbonyl (C=O) groups is 2. The first kappa shape index (κ1) is 29.1. The second-order valence-electron chi connectivity index (χ2n) is 9.93. The van der Waals surface area contributed by atoms with Crippen molar-refractivity contribution in [2.24, 2.45) is 5.92 Å². The molecule has 8 heteroatoms. The van der Waals surface area contributed by atoms with Crippen LogP contribution in [0.2, 0.25) is 5.02 Å². The van der Waals surface area contributed by atoms with E-state index in [-0.39, 0.29) is 46.7 Å². The first-order chi connectivity index (χ1) is 17.9. The van der Waals surface area contributed by atoms with Gasteiger partial charge in [0.05, 0.1) is 11.6 Å². The molecule has 0 spiro atoms. The van der Waals surface area contributed by atoms with Gasteiger partial charge in [-0.25, -0.2) is 8.78 Å². The summed E-state index contributed by atoms with van der Waals surface area (Å²) in [4.78, 5) is 24.8. The molecule has 38 heavy (non-hydrogen) atoms. The van der Waals surface area contributed by atoms with Gasteiger partial charge in [-0.2, -0.15) is 0 Å². The van der Waals surface area contributed by atoms with Crippen LogP contribution in [0.1, 0.15) is 70.9 Å². The molecule has 0 aliphatic carbocycles. The summed E-state index contributed by atoms with van der Waals surface area (Å²) in [7, 11) is 0. The first-order valence-electron chi connectivity index (χ1n) is 12.4. The maximum Gasteiger partial charge on any atom is 0.303 e. The molecule has 0 aliphatic rings. The van der Waals surface area contributed by atoms with Crippen LogP contribution < -0.4 is 10.1 Å². The monoisotopic (exact) mass is 543 g/mol. The van der Waals surface area contributed by atoms with E-state index < -0.39 is 24.2 Å². The number of carboxylic acid groups (broad SMARTS) is 1. The zero-order valence-corrected chi connectivity index (χ0v) is 22.7. The first-order valence-corrected chi connectivity index (χ1v) is 12.8. The lowest BCUT2D eigenvalue weighted by Gasteiger charge is -2.23. The molecule has 1 atom stereocenters. The summed E-state index contributed by atoms with van der Waals surface area (Å²) < 4.78 is 34.0. The van der Waals surface area contributed by atoms with E-state index in [4.69, 9.17) is 16.3 Å². The van der Waals surface area contributed by atoms with Crippen LogP contribution in [0, 0.1) is 31.4 Å². The summed E-state index contributed by atoms with van der Waals surface area (Å²) in [6, 6.07) is 12.5. The van der Waals surface area contributed by atoms with Crippen molar-refractivity contribution in [1.29, 1.82) is 0 Å². The summed E-state index contributed by atoms with van der Waals surface area (Å²) in [6.07, 6.45) is 0.676. The molecular formula is C30H32ClF2NO4. The van der Waals surface area contributed by atoms with E-state index in [9.17, 15) is 23.5 Å². The Bertz CT molecular complexity index is 1280. The molecule has 1 amide bonds. The van der Waals surface area contributed by atoms with Gasteiger partial charge in [-0.05, 0) is 68.0 Å². The number of aliphatic carboxylic acids is 1. The topological polar surface area (TPSA) is 75.6 Å². The van der Waals surface area contributed by atoms with Gasteiger partial charge in [-0.3, -0.25) is 9.59 Å². The van der Waals surface area contributed by atoms with E-state index in [0.29, 0.717) is 17.9 Å². The van der Waals surface area contributed by atoms with Gasteiger partial charge in [-0.15, -0.1) is 0 Å². The van der Waals surface area contributed by atoms with Crippen LogP contribution in [0.25, 0.3) is 0 Å². The minimum Gasteiger partial charge on any atom is -0.489 e. The summed E-state index contributed by atoms with van der Waals surface area (Å²) in [6.45, 7) is 7.74. The molecule has 0 radical (unpaired) electrons. The Labute approximate surface area is 226 Å². The molecule has 0 fully saturated rings. The number of carbonyl (C=O) groups excluding carboxylic acids is 1. The van der Waals surface area contributed by atoms with E-state index in [1.807, 2.05) is 26.0 Å². The quantitative estimate of drug-likeness (QED) is 0.265. The summed E-state index contributed by atoms with van der Waals surface area (Å²) >= 11 is 5.69. The Kier molecular flexibility index (Phi) is 9.86. The van der Waals surface area contributed by atoms with Gasteiger partial charge in [0, 0.05) is 17.0 Å². The third kappa shape index (κ3) is 8.02. The SMILES string of the molecule is Cc1cc(C)cc(C(CC(C)C)NC(=O)c2cc(OCc3c(F)cc(Cl)cc3F)ccc2CCC(=O)O)c1. The van der Waals surface area contributed by atoms with Crippen LogP contribution in [0.3, 0.4) is 0 Å². The van der Waals surface area contributed by atoms with Crippen LogP contribution in [-0.2, 0) is 17.8 Å². The molecule has 0 saturated carbocycles. The molecule has 1 unspecified atom stereocenters. The molecule has 0 heterocycles. The maximum atomic E-state index is 14.2. The molecule has 0 bridgehead atoms. The predicted octanol–water partition coefficient (Wildman–Crippen LogP) is 7.35. The third-order valence-corrected chi connectivity index (χ3v) is 6.30. The lowest BCUT2D eigenvalue weighted by Crippen LogP contribution is -2.30. The van der Waals surface area contributed by atoms with Crippen molar-refractivity contribution in [1.82, 2.24) is 5.32 Å². The van der Waals surface area contributed by atoms with Gasteiger partial charge >= 0.3 is 5.97 Å². The van der Waals surface area contributed by atoms with Crippen LogP contribution in [0.5, 0.6) is 5.75 Å². The average molecular weight is 544 g/mol. The highest BCUT2D eigenvalue weighted by Gasteiger charge is 2.21. The fourth-order valence-corrected chi connectivity index (χ4v) is 4.57. The highest BCUT2D eigenvalue weighted by Crippen LogP contribution is 2.27. The van der Waals surface area contributed by atoms with Gasteiger partial charge in [0.1, 0.15) is 24.0 Å². The zero-order valence-electron chi connectivity index (χ0n) is 21.9. The minimum atomic E-state index is -0.988. The average Bonchev–Trinajstić information content (AvgIpc) is 2.81. The summed E-state index contributed by atoms with van der Waals surface area (Å²) in [5, 5.41) is 12.2. The van der Waals surface area contributed by atoms with Crippen LogP contribution in [0.4, 0.5) is 8.78 Å². The van der Waals surface area contributed by atoms with E-state index in [1.54, 1.807) is 12.1 Å². The van der Waals surface area contributed by atoms with Crippen molar-refractivity contribution < 1.29 is 28.2 Å². The lowest BCUT2D eigenvalue weighted by atomic mass is 9.93. The largest absolute Gasteiger partial charge is 0.489 e. The molecule has 3 aromatic rings. The molecular weight excluding hydrogens is 512 g/mol. The summed E-state index contributed by atoms with van der Waals surface area (Å²) in [5.41, 5.74) is 3.65. The van der Waals surface area contributed by atoms with E-state index in [1.165, 1.54) is 6.07 Å². The number of amides is 1. The van der Waals surface area contributed by atoms with E-state index in [0.717, 1.165) is 28.8 Å². The maximum absolute atomic E-state index is 14.2. The molecule has 2 N–H and O–H groups in total. The number of aryl methyl sites for hydroxylation is 3. The lowest BCUT2D eigenvalue weighted by molar-refractivity contribution is -0.136. The molecule has 0 saturated heterocycles. The zero-order chi connectivity index (χ0) is 28.0. The molecule has 3 rings (SSSR count). The molecule has 5 nitrogen and oxygen atoms in total. The molecule has 202 valence electrons. The minimum absolute atomic E-state index is 0.0646. The number of carboxylic acids is 1.